The molecule has 2 aromatic heterocycles. The minimum atomic E-state index is 0.214. The van der Waals surface area contributed by atoms with Crippen molar-refractivity contribution in [1.82, 2.24) is 4.90 Å². The molecular formula is C37H47NS3. The number of thiophene rings is 2. The van der Waals surface area contributed by atoms with Crippen molar-refractivity contribution in [2.75, 3.05) is 6.54 Å². The highest BCUT2D eigenvalue weighted by Crippen LogP contribution is 2.45. The summed E-state index contributed by atoms with van der Waals surface area (Å²) in [7, 11) is 0. The van der Waals surface area contributed by atoms with Gasteiger partial charge in [-0.1, -0.05) is 115 Å². The van der Waals surface area contributed by atoms with E-state index in [0.717, 1.165) is 17.8 Å². The summed E-state index contributed by atoms with van der Waals surface area (Å²) in [5.74, 6) is 0.214. The summed E-state index contributed by atoms with van der Waals surface area (Å²) in [5, 5.41) is 4.39. The molecule has 0 amide bonds. The van der Waals surface area contributed by atoms with Crippen LogP contribution in [-0.4, -0.2) is 22.4 Å². The summed E-state index contributed by atoms with van der Waals surface area (Å²) in [6, 6.07) is 9.17. The summed E-state index contributed by atoms with van der Waals surface area (Å²) in [5.41, 5.74) is 7.02. The number of nitrogens with zero attached hydrogens (tertiary/aromatic N) is 1. The van der Waals surface area contributed by atoms with Gasteiger partial charge in [0.25, 0.3) is 0 Å². The molecule has 1 nitrogen and oxygen atoms in total. The Kier molecular flexibility index (Phi) is 11.5. The van der Waals surface area contributed by atoms with Crippen molar-refractivity contribution in [3.05, 3.63) is 97.6 Å². The number of thiocarbonyl (C=S) groups is 1. The lowest BCUT2D eigenvalue weighted by Crippen LogP contribution is -2.41. The van der Waals surface area contributed by atoms with Crippen molar-refractivity contribution in [2.24, 2.45) is 0 Å². The molecule has 2 atom stereocenters. The SMILES string of the molecule is CCCCCCCCCCC1=C2C=C3C=C(c4cccs4)C=CC3N(CCCCCC)C2=CC(c2cccs2)C1=S. The Morgan fingerprint density at radius 1 is 0.805 bits per heavy atom. The molecule has 3 aliphatic rings. The predicted molar refractivity (Wildman–Crippen MR) is 186 cm³/mol. The molecule has 0 fully saturated rings. The second kappa shape index (κ2) is 15.5. The summed E-state index contributed by atoms with van der Waals surface area (Å²) < 4.78 is 0. The van der Waals surface area contributed by atoms with Crippen LogP contribution in [0.1, 0.15) is 113 Å². The van der Waals surface area contributed by atoms with E-state index in [1.807, 2.05) is 22.7 Å². The molecule has 41 heavy (non-hydrogen) atoms. The third-order valence-corrected chi connectivity index (χ3v) is 11.1. The number of hydrogen-bond acceptors (Lipinski definition) is 4. The summed E-state index contributed by atoms with van der Waals surface area (Å²) >= 11 is 10.0. The first-order valence-corrected chi connectivity index (χ1v) is 18.3. The van der Waals surface area contributed by atoms with Crippen molar-refractivity contribution in [2.45, 2.75) is 109 Å². The van der Waals surface area contributed by atoms with E-state index in [1.165, 1.54) is 115 Å². The molecule has 2 unspecified atom stereocenters. The highest BCUT2D eigenvalue weighted by atomic mass is 32.1. The number of hydrogen-bond donors (Lipinski definition) is 0. The number of rotatable bonds is 16. The van der Waals surface area contributed by atoms with Crippen LogP contribution >= 0.6 is 34.9 Å². The second-order valence-electron chi connectivity index (χ2n) is 11.8. The number of allylic oxidation sites excluding steroid dienone is 5. The van der Waals surface area contributed by atoms with Gasteiger partial charge in [-0.25, -0.2) is 0 Å². The monoisotopic (exact) mass is 601 g/mol. The van der Waals surface area contributed by atoms with Crippen molar-refractivity contribution < 1.29 is 0 Å². The fraction of sp³-hybridized carbons (Fsp3) is 0.486. The molecule has 2 aromatic rings. The van der Waals surface area contributed by atoms with Gasteiger partial charge < -0.3 is 4.90 Å². The normalized spacial score (nSPS) is 20.1. The quantitative estimate of drug-likeness (QED) is 0.139. The lowest BCUT2D eigenvalue weighted by Gasteiger charge is -2.43. The molecule has 1 aliphatic heterocycles. The summed E-state index contributed by atoms with van der Waals surface area (Å²) in [4.78, 5) is 6.61. The van der Waals surface area contributed by atoms with Crippen LogP contribution in [0.5, 0.6) is 0 Å². The largest absolute Gasteiger partial charge is 0.361 e. The standard InChI is InChI=1S/C37H47NS3/c1-3-5-7-9-10-11-12-13-17-30-31-26-29-25-28(35-18-15-23-40-35)20-21-33(29)38(22-14-8-6-4-2)34(31)27-32(37(30)39)36-19-16-24-41-36/h15-16,18-21,23-27,32-33H,3-14,17,22H2,1-2H3. The van der Waals surface area contributed by atoms with Gasteiger partial charge in [-0.05, 0) is 77.1 Å². The predicted octanol–water partition coefficient (Wildman–Crippen LogP) is 11.8. The molecule has 5 rings (SSSR count). The van der Waals surface area contributed by atoms with E-state index in [4.69, 9.17) is 12.2 Å². The molecule has 0 N–H and O–H groups in total. The van der Waals surface area contributed by atoms with E-state index < -0.39 is 0 Å². The zero-order valence-corrected chi connectivity index (χ0v) is 27.5. The third-order valence-electron chi connectivity index (χ3n) is 8.77. The fourth-order valence-electron chi connectivity index (χ4n) is 6.49. The van der Waals surface area contributed by atoms with Gasteiger partial charge in [0, 0.05) is 38.4 Å². The number of fused-ring (bicyclic) bond motifs is 2. The Bertz CT molecular complexity index is 1290. The van der Waals surface area contributed by atoms with Crippen LogP contribution in [-0.2, 0) is 0 Å². The first-order chi connectivity index (χ1) is 20.2. The molecule has 3 heterocycles. The maximum absolute atomic E-state index is 6.34. The van der Waals surface area contributed by atoms with Crippen LogP contribution in [0, 0.1) is 0 Å². The highest BCUT2D eigenvalue weighted by molar-refractivity contribution is 7.81. The van der Waals surface area contributed by atoms with Gasteiger partial charge in [0.1, 0.15) is 0 Å². The van der Waals surface area contributed by atoms with Gasteiger partial charge in [0.15, 0.2) is 0 Å². The Morgan fingerprint density at radius 3 is 2.22 bits per heavy atom. The van der Waals surface area contributed by atoms with E-state index in [9.17, 15) is 0 Å². The zero-order valence-electron chi connectivity index (χ0n) is 25.1. The average Bonchev–Trinajstić information content (AvgIpc) is 3.72. The fourth-order valence-corrected chi connectivity index (χ4v) is 8.50. The lowest BCUT2D eigenvalue weighted by atomic mass is 9.78. The molecule has 0 aromatic carbocycles. The van der Waals surface area contributed by atoms with Crippen molar-refractivity contribution >= 4 is 45.3 Å². The van der Waals surface area contributed by atoms with Gasteiger partial charge in [-0.2, -0.15) is 0 Å². The van der Waals surface area contributed by atoms with Crippen LogP contribution in [0.25, 0.3) is 5.57 Å². The smallest absolute Gasteiger partial charge is 0.0730 e. The zero-order chi connectivity index (χ0) is 28.4. The molecule has 0 saturated carbocycles. The minimum Gasteiger partial charge on any atom is -0.361 e. The Hall–Kier alpha value is -2.01. The van der Waals surface area contributed by atoms with Crippen LogP contribution < -0.4 is 0 Å². The molecule has 0 spiro atoms. The lowest BCUT2D eigenvalue weighted by molar-refractivity contribution is 0.310. The molecule has 218 valence electrons. The minimum absolute atomic E-state index is 0.214. The maximum Gasteiger partial charge on any atom is 0.0730 e. The maximum atomic E-state index is 6.34. The van der Waals surface area contributed by atoms with Crippen LogP contribution in [0.3, 0.4) is 0 Å². The topological polar surface area (TPSA) is 3.24 Å². The Balaban J connectivity index is 1.46. The first kappa shape index (κ1) is 30.4. The molecule has 0 bridgehead atoms. The van der Waals surface area contributed by atoms with Crippen molar-refractivity contribution in [3.8, 4) is 0 Å². The van der Waals surface area contributed by atoms with Gasteiger partial charge >= 0.3 is 0 Å². The van der Waals surface area contributed by atoms with Crippen LogP contribution in [0.4, 0.5) is 0 Å². The number of unbranched alkanes of at least 4 members (excludes halogenated alkanes) is 10. The van der Waals surface area contributed by atoms with E-state index in [-0.39, 0.29) is 5.92 Å². The second-order valence-corrected chi connectivity index (χ2v) is 14.2. The average molecular weight is 602 g/mol. The molecule has 0 saturated heterocycles. The Morgan fingerprint density at radius 2 is 1.51 bits per heavy atom. The molecule has 2 aliphatic carbocycles. The van der Waals surface area contributed by atoms with E-state index in [1.54, 1.807) is 0 Å². The van der Waals surface area contributed by atoms with E-state index in [0.29, 0.717) is 6.04 Å². The Labute approximate surface area is 262 Å². The molecule has 4 heteroatoms. The van der Waals surface area contributed by atoms with Gasteiger partial charge in [-0.15, -0.1) is 22.7 Å². The highest BCUT2D eigenvalue weighted by Gasteiger charge is 2.36. The van der Waals surface area contributed by atoms with Crippen molar-refractivity contribution in [3.63, 3.8) is 0 Å². The van der Waals surface area contributed by atoms with Crippen LogP contribution in [0.2, 0.25) is 0 Å². The first-order valence-electron chi connectivity index (χ1n) is 16.2. The van der Waals surface area contributed by atoms with Gasteiger partial charge in [0.05, 0.1) is 6.04 Å². The summed E-state index contributed by atoms with van der Waals surface area (Å²) in [6.07, 6.45) is 29.2. The van der Waals surface area contributed by atoms with E-state index in [2.05, 4.69) is 84.2 Å². The van der Waals surface area contributed by atoms with Gasteiger partial charge in [0.2, 0.25) is 0 Å². The molecule has 0 radical (unpaired) electrons. The van der Waals surface area contributed by atoms with Crippen LogP contribution in [0.15, 0.2) is 87.8 Å². The third kappa shape index (κ3) is 7.50. The molecular weight excluding hydrogens is 555 g/mol. The summed E-state index contributed by atoms with van der Waals surface area (Å²) in [6.45, 7) is 5.70. The van der Waals surface area contributed by atoms with Crippen molar-refractivity contribution in [1.29, 1.82) is 0 Å². The van der Waals surface area contributed by atoms with E-state index >= 15 is 0 Å². The van der Waals surface area contributed by atoms with Gasteiger partial charge in [-0.3, -0.25) is 0 Å².